The van der Waals surface area contributed by atoms with Crippen molar-refractivity contribution in [2.24, 2.45) is 0 Å². The summed E-state index contributed by atoms with van der Waals surface area (Å²) in [5.74, 6) is 1.06. The SMILES string of the molecule is CCNC(Cc1ncnn1CC)C1(OC)CCCCC1. The lowest BCUT2D eigenvalue weighted by molar-refractivity contribution is -0.0675. The molecule has 1 N–H and O–H groups in total. The molecule has 1 heterocycles. The maximum Gasteiger partial charge on any atom is 0.138 e. The number of aryl methyl sites for hydroxylation is 1. The molecule has 1 fully saturated rings. The fraction of sp³-hybridized carbons (Fsp3) is 0.867. The Hall–Kier alpha value is -0.940. The highest BCUT2D eigenvalue weighted by molar-refractivity contribution is 5.01. The number of hydrogen-bond donors (Lipinski definition) is 1. The van der Waals surface area contributed by atoms with Crippen LogP contribution in [0.2, 0.25) is 0 Å². The second-order valence-corrected chi connectivity index (χ2v) is 5.64. The van der Waals surface area contributed by atoms with Gasteiger partial charge in [-0.15, -0.1) is 0 Å². The molecule has 0 aliphatic heterocycles. The van der Waals surface area contributed by atoms with Gasteiger partial charge in [-0.1, -0.05) is 26.2 Å². The summed E-state index contributed by atoms with van der Waals surface area (Å²) < 4.78 is 7.98. The number of nitrogens with zero attached hydrogens (tertiary/aromatic N) is 3. The van der Waals surface area contributed by atoms with E-state index in [2.05, 4.69) is 29.2 Å². The van der Waals surface area contributed by atoms with Gasteiger partial charge in [0.15, 0.2) is 0 Å². The van der Waals surface area contributed by atoms with Crippen molar-refractivity contribution in [2.75, 3.05) is 13.7 Å². The maximum absolute atomic E-state index is 6.00. The minimum atomic E-state index is -0.0429. The number of methoxy groups -OCH3 is 1. The van der Waals surface area contributed by atoms with Crippen LogP contribution >= 0.6 is 0 Å². The number of ether oxygens (including phenoxy) is 1. The summed E-state index contributed by atoms with van der Waals surface area (Å²) in [4.78, 5) is 4.43. The first kappa shape index (κ1) is 15.4. The smallest absolute Gasteiger partial charge is 0.138 e. The normalized spacial score (nSPS) is 19.9. The van der Waals surface area contributed by atoms with Crippen LogP contribution in [0.3, 0.4) is 0 Å². The van der Waals surface area contributed by atoms with Crippen molar-refractivity contribution >= 4 is 0 Å². The molecule has 0 amide bonds. The van der Waals surface area contributed by atoms with Gasteiger partial charge in [0.05, 0.1) is 5.60 Å². The molecule has 20 heavy (non-hydrogen) atoms. The summed E-state index contributed by atoms with van der Waals surface area (Å²) in [6.07, 6.45) is 8.67. The van der Waals surface area contributed by atoms with Gasteiger partial charge >= 0.3 is 0 Å². The molecular formula is C15H28N4O. The molecule has 0 saturated heterocycles. The van der Waals surface area contributed by atoms with E-state index < -0.39 is 0 Å². The molecule has 5 nitrogen and oxygen atoms in total. The first-order valence-electron chi connectivity index (χ1n) is 7.91. The van der Waals surface area contributed by atoms with E-state index in [-0.39, 0.29) is 5.60 Å². The van der Waals surface area contributed by atoms with Gasteiger partial charge in [0.25, 0.3) is 0 Å². The largest absolute Gasteiger partial charge is 0.377 e. The third kappa shape index (κ3) is 3.20. The van der Waals surface area contributed by atoms with Crippen LogP contribution in [0, 0.1) is 0 Å². The molecule has 5 heteroatoms. The fourth-order valence-electron chi connectivity index (χ4n) is 3.43. The second-order valence-electron chi connectivity index (χ2n) is 5.64. The summed E-state index contributed by atoms with van der Waals surface area (Å²) >= 11 is 0. The zero-order valence-corrected chi connectivity index (χ0v) is 13.1. The molecule has 0 spiro atoms. The molecule has 1 aromatic rings. The van der Waals surface area contributed by atoms with Crippen molar-refractivity contribution in [1.29, 1.82) is 0 Å². The lowest BCUT2D eigenvalue weighted by atomic mass is 9.77. The molecule has 0 aromatic carbocycles. The summed E-state index contributed by atoms with van der Waals surface area (Å²) in [6.45, 7) is 6.08. The zero-order valence-electron chi connectivity index (χ0n) is 13.1. The summed E-state index contributed by atoms with van der Waals surface area (Å²) in [7, 11) is 1.86. The van der Waals surface area contributed by atoms with E-state index in [1.165, 1.54) is 19.3 Å². The van der Waals surface area contributed by atoms with Gasteiger partial charge in [-0.25, -0.2) is 4.98 Å². The summed E-state index contributed by atoms with van der Waals surface area (Å²) in [5.41, 5.74) is -0.0429. The number of hydrogen-bond acceptors (Lipinski definition) is 4. The zero-order chi connectivity index (χ0) is 14.4. The van der Waals surface area contributed by atoms with Crippen LogP contribution in [0.25, 0.3) is 0 Å². The van der Waals surface area contributed by atoms with Crippen LogP contribution in [0.1, 0.15) is 51.8 Å². The van der Waals surface area contributed by atoms with Crippen LogP contribution in [0.4, 0.5) is 0 Å². The molecule has 1 aliphatic rings. The number of aromatic nitrogens is 3. The lowest BCUT2D eigenvalue weighted by Crippen LogP contribution is -2.54. The highest BCUT2D eigenvalue weighted by Crippen LogP contribution is 2.35. The molecule has 114 valence electrons. The fourth-order valence-corrected chi connectivity index (χ4v) is 3.43. The molecule has 1 aliphatic carbocycles. The van der Waals surface area contributed by atoms with Gasteiger partial charge in [0.1, 0.15) is 12.2 Å². The van der Waals surface area contributed by atoms with Gasteiger partial charge in [-0.05, 0) is 26.3 Å². The van der Waals surface area contributed by atoms with Crippen molar-refractivity contribution in [2.45, 2.75) is 70.6 Å². The Labute approximate surface area is 122 Å². The first-order chi connectivity index (χ1) is 9.75. The molecule has 2 rings (SSSR count). The monoisotopic (exact) mass is 280 g/mol. The van der Waals surface area contributed by atoms with Crippen molar-refractivity contribution < 1.29 is 4.74 Å². The van der Waals surface area contributed by atoms with Crippen LogP contribution in [0.5, 0.6) is 0 Å². The van der Waals surface area contributed by atoms with Crippen LogP contribution in [-0.2, 0) is 17.7 Å². The standard InChI is InChI=1S/C15H28N4O/c1-4-16-13(11-14-17-12-18-19(14)5-2)15(20-3)9-7-6-8-10-15/h12-13,16H,4-11H2,1-3H3. The average Bonchev–Trinajstić information content (AvgIpc) is 2.95. The van der Waals surface area contributed by atoms with E-state index >= 15 is 0 Å². The van der Waals surface area contributed by atoms with Gasteiger partial charge in [0, 0.05) is 26.1 Å². The van der Waals surface area contributed by atoms with Crippen molar-refractivity contribution in [1.82, 2.24) is 20.1 Å². The molecule has 0 radical (unpaired) electrons. The molecule has 0 bridgehead atoms. The predicted molar refractivity (Wildman–Crippen MR) is 79.7 cm³/mol. The van der Waals surface area contributed by atoms with Crippen LogP contribution in [-0.4, -0.2) is 40.1 Å². The van der Waals surface area contributed by atoms with E-state index in [0.717, 1.165) is 38.2 Å². The number of likely N-dealkylation sites (N-methyl/N-ethyl adjacent to an activating group) is 1. The number of nitrogens with one attached hydrogen (secondary N) is 1. The highest BCUT2D eigenvalue weighted by atomic mass is 16.5. The van der Waals surface area contributed by atoms with Gasteiger partial charge in [-0.3, -0.25) is 4.68 Å². The Morgan fingerprint density at radius 2 is 2.10 bits per heavy atom. The Balaban J connectivity index is 2.16. The van der Waals surface area contributed by atoms with E-state index in [4.69, 9.17) is 4.74 Å². The Bertz CT molecular complexity index is 398. The number of rotatable bonds is 7. The van der Waals surface area contributed by atoms with E-state index in [0.29, 0.717) is 6.04 Å². The average molecular weight is 280 g/mol. The molecular weight excluding hydrogens is 252 g/mol. The molecule has 1 saturated carbocycles. The summed E-state index contributed by atoms with van der Waals surface area (Å²) in [5, 5.41) is 7.91. The molecule has 1 atom stereocenters. The predicted octanol–water partition coefficient (Wildman–Crippen LogP) is 2.17. The molecule has 1 aromatic heterocycles. The van der Waals surface area contributed by atoms with E-state index in [1.807, 2.05) is 11.8 Å². The second kappa shape index (κ2) is 7.18. The Morgan fingerprint density at radius 1 is 1.35 bits per heavy atom. The van der Waals surface area contributed by atoms with Crippen LogP contribution < -0.4 is 5.32 Å². The van der Waals surface area contributed by atoms with Crippen molar-refractivity contribution in [3.8, 4) is 0 Å². The van der Waals surface area contributed by atoms with E-state index in [9.17, 15) is 0 Å². The maximum atomic E-state index is 6.00. The van der Waals surface area contributed by atoms with Gasteiger partial charge in [0.2, 0.25) is 0 Å². The first-order valence-corrected chi connectivity index (χ1v) is 7.91. The lowest BCUT2D eigenvalue weighted by Gasteiger charge is -2.42. The van der Waals surface area contributed by atoms with Crippen molar-refractivity contribution in [3.05, 3.63) is 12.2 Å². The third-order valence-electron chi connectivity index (χ3n) is 4.57. The van der Waals surface area contributed by atoms with Crippen LogP contribution in [0.15, 0.2) is 6.33 Å². The van der Waals surface area contributed by atoms with Gasteiger partial charge < -0.3 is 10.1 Å². The molecule has 1 unspecified atom stereocenters. The highest BCUT2D eigenvalue weighted by Gasteiger charge is 2.40. The quantitative estimate of drug-likeness (QED) is 0.831. The van der Waals surface area contributed by atoms with E-state index in [1.54, 1.807) is 6.33 Å². The Morgan fingerprint density at radius 3 is 2.70 bits per heavy atom. The third-order valence-corrected chi connectivity index (χ3v) is 4.57. The van der Waals surface area contributed by atoms with Gasteiger partial charge in [-0.2, -0.15) is 5.10 Å². The summed E-state index contributed by atoms with van der Waals surface area (Å²) in [6, 6.07) is 0.312. The topological polar surface area (TPSA) is 52.0 Å². The minimum Gasteiger partial charge on any atom is -0.377 e. The Kier molecular flexibility index (Phi) is 5.54. The van der Waals surface area contributed by atoms with Crippen molar-refractivity contribution in [3.63, 3.8) is 0 Å². The minimum absolute atomic E-state index is 0.0429.